The third-order valence-corrected chi connectivity index (χ3v) is 2.08. The lowest BCUT2D eigenvalue weighted by atomic mass is 10.3. The molecule has 0 saturated carbocycles. The molecule has 2 heterocycles. The molecule has 84 valence electrons. The minimum Gasteiger partial charge on any atom is -0.361 e. The molecular weight excluding hydrogens is 214 g/mol. The van der Waals surface area contributed by atoms with Gasteiger partial charge in [-0.3, -0.25) is 19.7 Å². The molecule has 1 N–H and O–H groups in total. The Balaban J connectivity index is 2.15. The van der Waals surface area contributed by atoms with Crippen molar-refractivity contribution in [1.29, 1.82) is 0 Å². The van der Waals surface area contributed by atoms with E-state index < -0.39 is 17.7 Å². The van der Waals surface area contributed by atoms with Gasteiger partial charge < -0.3 is 9.42 Å². The van der Waals surface area contributed by atoms with E-state index in [4.69, 9.17) is 4.52 Å². The summed E-state index contributed by atoms with van der Waals surface area (Å²) >= 11 is 0. The van der Waals surface area contributed by atoms with Crippen molar-refractivity contribution in [3.05, 3.63) is 17.5 Å². The molecule has 2 rings (SSSR count). The van der Waals surface area contributed by atoms with Crippen LogP contribution < -0.4 is 5.32 Å². The maximum atomic E-state index is 11.8. The largest absolute Gasteiger partial charge is 0.361 e. The van der Waals surface area contributed by atoms with Crippen LogP contribution in [0.5, 0.6) is 0 Å². The number of carbonyl (C=O) groups is 3. The SMILES string of the molecule is Cc1cc(C(=O)N2CC(=O)NC(=O)C2)no1. The van der Waals surface area contributed by atoms with E-state index in [0.29, 0.717) is 5.76 Å². The minimum atomic E-state index is -0.496. The normalized spacial score (nSPS) is 16.2. The van der Waals surface area contributed by atoms with E-state index in [1.165, 1.54) is 6.07 Å². The van der Waals surface area contributed by atoms with E-state index in [9.17, 15) is 14.4 Å². The molecule has 7 heteroatoms. The molecule has 1 aromatic rings. The van der Waals surface area contributed by atoms with Gasteiger partial charge in [0, 0.05) is 6.07 Å². The zero-order chi connectivity index (χ0) is 11.7. The first-order valence-corrected chi connectivity index (χ1v) is 4.61. The number of hydrogen-bond acceptors (Lipinski definition) is 5. The summed E-state index contributed by atoms with van der Waals surface area (Å²) in [6.07, 6.45) is 0. The van der Waals surface area contributed by atoms with Crippen molar-refractivity contribution in [3.8, 4) is 0 Å². The fourth-order valence-electron chi connectivity index (χ4n) is 1.41. The Kier molecular flexibility index (Phi) is 2.43. The third kappa shape index (κ3) is 1.92. The standard InChI is InChI=1S/C9H9N3O4/c1-5-2-6(11-16-5)9(15)12-3-7(13)10-8(14)4-12/h2H,3-4H2,1H3,(H,10,13,14). The van der Waals surface area contributed by atoms with Crippen LogP contribution in [0.2, 0.25) is 0 Å². The number of aromatic nitrogens is 1. The van der Waals surface area contributed by atoms with Gasteiger partial charge in [-0.1, -0.05) is 5.16 Å². The molecule has 0 aromatic carbocycles. The summed E-state index contributed by atoms with van der Waals surface area (Å²) in [6.45, 7) is 1.37. The summed E-state index contributed by atoms with van der Waals surface area (Å²) in [4.78, 5) is 35.0. The van der Waals surface area contributed by atoms with Crippen molar-refractivity contribution in [2.75, 3.05) is 13.1 Å². The maximum absolute atomic E-state index is 11.8. The Morgan fingerprint density at radius 3 is 2.56 bits per heavy atom. The minimum absolute atomic E-state index is 0.0972. The highest BCUT2D eigenvalue weighted by molar-refractivity contribution is 6.05. The molecule has 3 amide bonds. The molecule has 1 aromatic heterocycles. The Hall–Kier alpha value is -2.18. The molecule has 1 aliphatic heterocycles. The van der Waals surface area contributed by atoms with Crippen molar-refractivity contribution in [3.63, 3.8) is 0 Å². The molecule has 16 heavy (non-hydrogen) atoms. The number of carbonyl (C=O) groups excluding carboxylic acids is 3. The Morgan fingerprint density at radius 2 is 2.06 bits per heavy atom. The molecule has 1 saturated heterocycles. The molecule has 0 spiro atoms. The number of hydrogen-bond donors (Lipinski definition) is 1. The van der Waals surface area contributed by atoms with Crippen LogP contribution in [0.1, 0.15) is 16.2 Å². The highest BCUT2D eigenvalue weighted by atomic mass is 16.5. The van der Waals surface area contributed by atoms with E-state index in [2.05, 4.69) is 10.5 Å². The lowest BCUT2D eigenvalue weighted by Crippen LogP contribution is -2.53. The van der Waals surface area contributed by atoms with Crippen LogP contribution in [0.15, 0.2) is 10.6 Å². The average Bonchev–Trinajstić information content (AvgIpc) is 2.62. The number of imide groups is 1. The number of piperazine rings is 1. The topological polar surface area (TPSA) is 92.5 Å². The molecule has 0 unspecified atom stereocenters. The van der Waals surface area contributed by atoms with Crippen LogP contribution in [-0.4, -0.2) is 40.9 Å². The number of rotatable bonds is 1. The molecule has 0 aliphatic carbocycles. The zero-order valence-corrected chi connectivity index (χ0v) is 8.52. The molecule has 0 radical (unpaired) electrons. The van der Waals surface area contributed by atoms with Gasteiger partial charge in [-0.15, -0.1) is 0 Å². The van der Waals surface area contributed by atoms with Gasteiger partial charge in [-0.2, -0.15) is 0 Å². The van der Waals surface area contributed by atoms with Crippen LogP contribution in [0, 0.1) is 6.92 Å². The van der Waals surface area contributed by atoms with Crippen molar-refractivity contribution < 1.29 is 18.9 Å². The Labute approximate surface area is 90.4 Å². The van der Waals surface area contributed by atoms with Crippen molar-refractivity contribution >= 4 is 17.7 Å². The Bertz CT molecular complexity index is 449. The smallest absolute Gasteiger partial charge is 0.276 e. The zero-order valence-electron chi connectivity index (χ0n) is 8.52. The van der Waals surface area contributed by atoms with Crippen molar-refractivity contribution in [1.82, 2.24) is 15.4 Å². The van der Waals surface area contributed by atoms with Crippen LogP contribution in [0.25, 0.3) is 0 Å². The molecule has 7 nitrogen and oxygen atoms in total. The number of aryl methyl sites for hydroxylation is 1. The van der Waals surface area contributed by atoms with Crippen LogP contribution in [0.4, 0.5) is 0 Å². The number of nitrogens with one attached hydrogen (secondary N) is 1. The van der Waals surface area contributed by atoms with Gasteiger partial charge in [0.05, 0.1) is 0 Å². The van der Waals surface area contributed by atoms with Gasteiger partial charge in [0.1, 0.15) is 18.8 Å². The highest BCUT2D eigenvalue weighted by Crippen LogP contribution is 2.07. The van der Waals surface area contributed by atoms with E-state index in [1.807, 2.05) is 0 Å². The van der Waals surface area contributed by atoms with Crippen LogP contribution in [0.3, 0.4) is 0 Å². The Morgan fingerprint density at radius 1 is 1.44 bits per heavy atom. The predicted molar refractivity (Wildman–Crippen MR) is 50.3 cm³/mol. The van der Waals surface area contributed by atoms with Gasteiger partial charge >= 0.3 is 0 Å². The van der Waals surface area contributed by atoms with Crippen LogP contribution >= 0.6 is 0 Å². The molecule has 1 aliphatic rings. The second kappa shape index (κ2) is 3.76. The van der Waals surface area contributed by atoms with Gasteiger partial charge in [-0.25, -0.2) is 0 Å². The molecule has 1 fully saturated rings. The predicted octanol–water partition coefficient (Wildman–Crippen LogP) is -0.918. The van der Waals surface area contributed by atoms with E-state index >= 15 is 0 Å². The average molecular weight is 223 g/mol. The summed E-state index contributed by atoms with van der Waals surface area (Å²) in [5.41, 5.74) is 0.0972. The number of nitrogens with zero attached hydrogens (tertiary/aromatic N) is 2. The summed E-state index contributed by atoms with van der Waals surface area (Å²) < 4.78 is 4.75. The molecule has 0 bridgehead atoms. The highest BCUT2D eigenvalue weighted by Gasteiger charge is 2.28. The first-order chi connectivity index (χ1) is 7.56. The fraction of sp³-hybridized carbons (Fsp3) is 0.333. The first-order valence-electron chi connectivity index (χ1n) is 4.61. The fourth-order valence-corrected chi connectivity index (χ4v) is 1.41. The van der Waals surface area contributed by atoms with E-state index in [1.54, 1.807) is 6.92 Å². The van der Waals surface area contributed by atoms with Gasteiger partial charge in [0.15, 0.2) is 5.69 Å². The second-order valence-corrected chi connectivity index (χ2v) is 3.46. The van der Waals surface area contributed by atoms with Gasteiger partial charge in [0.25, 0.3) is 5.91 Å². The molecular formula is C9H9N3O4. The summed E-state index contributed by atoms with van der Waals surface area (Å²) in [5, 5.41) is 5.64. The summed E-state index contributed by atoms with van der Waals surface area (Å²) in [7, 11) is 0. The van der Waals surface area contributed by atoms with Gasteiger partial charge in [0.2, 0.25) is 11.8 Å². The summed E-state index contributed by atoms with van der Waals surface area (Å²) in [6, 6.07) is 1.46. The van der Waals surface area contributed by atoms with E-state index in [0.717, 1.165) is 4.90 Å². The molecule has 0 atom stereocenters. The van der Waals surface area contributed by atoms with Crippen molar-refractivity contribution in [2.24, 2.45) is 0 Å². The quantitative estimate of drug-likeness (QED) is 0.621. The van der Waals surface area contributed by atoms with Crippen molar-refractivity contribution in [2.45, 2.75) is 6.92 Å². The maximum Gasteiger partial charge on any atom is 0.276 e. The van der Waals surface area contributed by atoms with Crippen LogP contribution in [-0.2, 0) is 9.59 Å². The lowest BCUT2D eigenvalue weighted by Gasteiger charge is -2.24. The number of amides is 3. The summed E-state index contributed by atoms with van der Waals surface area (Å²) in [5.74, 6) is -0.981. The third-order valence-electron chi connectivity index (χ3n) is 2.08. The second-order valence-electron chi connectivity index (χ2n) is 3.46. The van der Waals surface area contributed by atoms with Gasteiger partial charge in [-0.05, 0) is 6.92 Å². The lowest BCUT2D eigenvalue weighted by molar-refractivity contribution is -0.135. The first kappa shape index (κ1) is 10.3. The monoisotopic (exact) mass is 223 g/mol. The van der Waals surface area contributed by atoms with E-state index in [-0.39, 0.29) is 18.8 Å².